The predicted octanol–water partition coefficient (Wildman–Crippen LogP) is -0.302. The minimum absolute atomic E-state index is 0.0657. The van der Waals surface area contributed by atoms with Gasteiger partial charge in [0, 0.05) is 12.7 Å². The van der Waals surface area contributed by atoms with Gasteiger partial charge in [-0.3, -0.25) is 24.0 Å². The standard InChI is InChI=1S/C12H13N5O4S/c1-5-4-7(16-17(5)3)9(18)15-14-6(2)8-10(19)13-12(21)22-11(8)20/h4,20H,1-3H3,(H,15,18)(H,13,19,21)/b14-6-. The number of hydrogen-bond donors (Lipinski definition) is 3. The fourth-order valence-corrected chi connectivity index (χ4v) is 2.32. The lowest BCUT2D eigenvalue weighted by Gasteiger charge is -2.02. The molecule has 0 radical (unpaired) electrons. The molecule has 9 nitrogen and oxygen atoms in total. The van der Waals surface area contributed by atoms with Crippen LogP contribution < -0.4 is 15.9 Å². The van der Waals surface area contributed by atoms with E-state index >= 15 is 0 Å². The van der Waals surface area contributed by atoms with Crippen molar-refractivity contribution in [3.05, 3.63) is 43.0 Å². The van der Waals surface area contributed by atoms with E-state index in [1.807, 2.05) is 4.98 Å². The molecule has 10 heteroatoms. The van der Waals surface area contributed by atoms with E-state index in [2.05, 4.69) is 15.6 Å². The van der Waals surface area contributed by atoms with Gasteiger partial charge in [0.15, 0.2) is 10.8 Å². The van der Waals surface area contributed by atoms with Gasteiger partial charge in [-0.05, 0) is 31.3 Å². The molecule has 3 N–H and O–H groups in total. The van der Waals surface area contributed by atoms with E-state index in [0.717, 1.165) is 5.69 Å². The lowest BCUT2D eigenvalue weighted by Crippen LogP contribution is -2.25. The number of nitrogens with one attached hydrogen (secondary N) is 2. The molecule has 2 heterocycles. The summed E-state index contributed by atoms with van der Waals surface area (Å²) in [5.41, 5.74) is 2.34. The Bertz CT molecular complexity index is 857. The number of hydrogen-bond acceptors (Lipinski definition) is 7. The number of carbonyl (C=O) groups is 1. The summed E-state index contributed by atoms with van der Waals surface area (Å²) in [6.45, 7) is 3.22. The van der Waals surface area contributed by atoms with Crippen LogP contribution in [0.15, 0.2) is 20.8 Å². The quantitative estimate of drug-likeness (QED) is 0.527. The van der Waals surface area contributed by atoms with Gasteiger partial charge in [-0.25, -0.2) is 5.43 Å². The van der Waals surface area contributed by atoms with Gasteiger partial charge in [0.2, 0.25) is 0 Å². The summed E-state index contributed by atoms with van der Waals surface area (Å²) in [7, 11) is 1.70. The van der Waals surface area contributed by atoms with Crippen molar-refractivity contribution in [3.63, 3.8) is 0 Å². The topological polar surface area (TPSA) is 129 Å². The first-order chi connectivity index (χ1) is 10.3. The minimum atomic E-state index is -0.773. The average molecular weight is 323 g/mol. The van der Waals surface area contributed by atoms with Crippen molar-refractivity contribution in [1.82, 2.24) is 20.2 Å². The molecule has 0 aromatic carbocycles. The predicted molar refractivity (Wildman–Crippen MR) is 80.5 cm³/mol. The molecule has 0 aliphatic carbocycles. The van der Waals surface area contributed by atoms with Crippen molar-refractivity contribution >= 4 is 23.0 Å². The zero-order chi connectivity index (χ0) is 16.4. The van der Waals surface area contributed by atoms with E-state index in [4.69, 9.17) is 0 Å². The van der Waals surface area contributed by atoms with Crippen LogP contribution in [0.1, 0.15) is 28.7 Å². The van der Waals surface area contributed by atoms with Crippen LogP contribution in [0, 0.1) is 6.92 Å². The number of aromatic hydroxyl groups is 1. The maximum absolute atomic E-state index is 11.9. The van der Waals surface area contributed by atoms with Gasteiger partial charge in [0.05, 0.1) is 5.71 Å². The van der Waals surface area contributed by atoms with Gasteiger partial charge >= 0.3 is 4.87 Å². The molecule has 0 bridgehead atoms. The number of rotatable bonds is 3. The Balaban J connectivity index is 2.25. The maximum Gasteiger partial charge on any atom is 0.310 e. The third-order valence-corrected chi connectivity index (χ3v) is 3.56. The molecule has 0 saturated heterocycles. The summed E-state index contributed by atoms with van der Waals surface area (Å²) in [5.74, 6) is -0.553. The molecular weight excluding hydrogens is 310 g/mol. The van der Waals surface area contributed by atoms with Crippen LogP contribution in [0.25, 0.3) is 0 Å². The second kappa shape index (κ2) is 5.93. The number of aromatic amines is 1. The lowest BCUT2D eigenvalue weighted by atomic mass is 10.2. The molecule has 116 valence electrons. The van der Waals surface area contributed by atoms with Crippen LogP contribution in [0.5, 0.6) is 5.06 Å². The number of carbonyl (C=O) groups excluding carboxylic acids is 1. The molecule has 0 unspecified atom stereocenters. The van der Waals surface area contributed by atoms with Gasteiger partial charge in [0.1, 0.15) is 5.56 Å². The first-order valence-corrected chi connectivity index (χ1v) is 6.93. The Morgan fingerprint density at radius 3 is 2.73 bits per heavy atom. The average Bonchev–Trinajstić information content (AvgIpc) is 2.75. The summed E-state index contributed by atoms with van der Waals surface area (Å²) in [6, 6.07) is 1.58. The number of hydrazone groups is 1. The summed E-state index contributed by atoms with van der Waals surface area (Å²) >= 11 is 0.472. The van der Waals surface area contributed by atoms with Crippen molar-refractivity contribution in [2.75, 3.05) is 0 Å². The van der Waals surface area contributed by atoms with Crippen LogP contribution in [0.3, 0.4) is 0 Å². The van der Waals surface area contributed by atoms with Crippen LogP contribution in [0.2, 0.25) is 0 Å². The fraction of sp³-hybridized carbons (Fsp3) is 0.250. The molecular formula is C12H13N5O4S. The fourth-order valence-electron chi connectivity index (χ4n) is 1.66. The van der Waals surface area contributed by atoms with Gasteiger partial charge < -0.3 is 5.11 Å². The molecule has 1 amide bonds. The van der Waals surface area contributed by atoms with Crippen molar-refractivity contribution in [2.24, 2.45) is 12.1 Å². The van der Waals surface area contributed by atoms with Gasteiger partial charge in [0.25, 0.3) is 11.5 Å². The Hall–Kier alpha value is -2.75. The molecule has 2 aromatic rings. The molecule has 2 rings (SSSR count). The zero-order valence-corrected chi connectivity index (χ0v) is 12.8. The SMILES string of the molecule is C/C(=N/NC(=O)c1cc(C)n(C)n1)c1c(O)sc(=O)[nH]c1=O. The second-order valence-electron chi connectivity index (χ2n) is 4.46. The highest BCUT2D eigenvalue weighted by Gasteiger charge is 2.14. The van der Waals surface area contributed by atoms with Crippen molar-refractivity contribution < 1.29 is 9.90 Å². The maximum atomic E-state index is 11.9. The van der Waals surface area contributed by atoms with E-state index in [-0.39, 0.29) is 17.0 Å². The summed E-state index contributed by atoms with van der Waals surface area (Å²) in [5, 5.41) is 16.9. The smallest absolute Gasteiger partial charge is 0.310 e. The molecule has 0 spiro atoms. The van der Waals surface area contributed by atoms with Gasteiger partial charge in [-0.2, -0.15) is 10.2 Å². The Kier molecular flexibility index (Phi) is 4.22. The molecule has 22 heavy (non-hydrogen) atoms. The molecule has 0 aliphatic heterocycles. The Labute approximate surface area is 127 Å². The Morgan fingerprint density at radius 1 is 1.50 bits per heavy atom. The van der Waals surface area contributed by atoms with E-state index in [0.29, 0.717) is 11.3 Å². The first-order valence-electron chi connectivity index (χ1n) is 6.11. The Morgan fingerprint density at radius 2 is 2.18 bits per heavy atom. The van der Waals surface area contributed by atoms with Gasteiger partial charge in [-0.15, -0.1) is 0 Å². The first kappa shape index (κ1) is 15.6. The second-order valence-corrected chi connectivity index (χ2v) is 5.42. The van der Waals surface area contributed by atoms with Crippen molar-refractivity contribution in [3.8, 4) is 5.06 Å². The number of aryl methyl sites for hydroxylation is 2. The van der Waals surface area contributed by atoms with E-state index < -0.39 is 21.4 Å². The van der Waals surface area contributed by atoms with Crippen LogP contribution >= 0.6 is 11.3 Å². The number of aromatic nitrogens is 3. The minimum Gasteiger partial charge on any atom is -0.499 e. The highest BCUT2D eigenvalue weighted by Crippen LogP contribution is 2.15. The van der Waals surface area contributed by atoms with Crippen molar-refractivity contribution in [2.45, 2.75) is 13.8 Å². The molecule has 0 fully saturated rings. The number of amides is 1. The molecule has 0 saturated carbocycles. The van der Waals surface area contributed by atoms with Crippen molar-refractivity contribution in [1.29, 1.82) is 0 Å². The largest absolute Gasteiger partial charge is 0.499 e. The number of H-pyrrole nitrogens is 1. The van der Waals surface area contributed by atoms with Gasteiger partial charge in [-0.1, -0.05) is 0 Å². The van der Waals surface area contributed by atoms with Crippen LogP contribution in [0.4, 0.5) is 0 Å². The van der Waals surface area contributed by atoms with Crippen LogP contribution in [-0.2, 0) is 7.05 Å². The molecule has 0 aliphatic rings. The molecule has 0 atom stereocenters. The monoisotopic (exact) mass is 323 g/mol. The van der Waals surface area contributed by atoms with Crippen LogP contribution in [-0.4, -0.2) is 31.5 Å². The lowest BCUT2D eigenvalue weighted by molar-refractivity contribution is 0.0949. The molecule has 2 aromatic heterocycles. The highest BCUT2D eigenvalue weighted by atomic mass is 32.1. The normalized spacial score (nSPS) is 11.5. The van der Waals surface area contributed by atoms with E-state index in [1.54, 1.807) is 20.0 Å². The third-order valence-electron chi connectivity index (χ3n) is 2.88. The zero-order valence-electron chi connectivity index (χ0n) is 12.0. The van der Waals surface area contributed by atoms with E-state index in [9.17, 15) is 19.5 Å². The third kappa shape index (κ3) is 3.11. The summed E-state index contributed by atoms with van der Waals surface area (Å²) in [6.07, 6.45) is 0. The summed E-state index contributed by atoms with van der Waals surface area (Å²) in [4.78, 5) is 35.9. The number of nitrogens with zero attached hydrogens (tertiary/aromatic N) is 3. The summed E-state index contributed by atoms with van der Waals surface area (Å²) < 4.78 is 1.54. The highest BCUT2D eigenvalue weighted by molar-refractivity contribution is 7.11. The van der Waals surface area contributed by atoms with E-state index in [1.165, 1.54) is 11.6 Å².